The number of amides is 1. The molecule has 2 aromatic carbocycles. The van der Waals surface area contributed by atoms with Gasteiger partial charge in [0.25, 0.3) is 5.91 Å². The van der Waals surface area contributed by atoms with Crippen LogP contribution in [0.25, 0.3) is 5.69 Å². The molecule has 2 heterocycles. The second-order valence-electron chi connectivity index (χ2n) is 7.62. The molecular formula is C24H27N3O2. The van der Waals surface area contributed by atoms with Crippen LogP contribution in [-0.4, -0.2) is 40.8 Å². The molecule has 0 atom stereocenters. The fraction of sp³-hybridized carbons (Fsp3) is 0.333. The Morgan fingerprint density at radius 1 is 1.07 bits per heavy atom. The minimum Gasteiger partial charge on any atom is -0.497 e. The highest BCUT2D eigenvalue weighted by Gasteiger charge is 2.23. The number of hydrogen-bond donors (Lipinski definition) is 0. The summed E-state index contributed by atoms with van der Waals surface area (Å²) in [4.78, 5) is 14.8. The van der Waals surface area contributed by atoms with Gasteiger partial charge in [0, 0.05) is 31.0 Å². The van der Waals surface area contributed by atoms with Crippen LogP contribution in [0.15, 0.2) is 67.0 Å². The molecule has 4 rings (SSSR count). The predicted molar refractivity (Wildman–Crippen MR) is 114 cm³/mol. The van der Waals surface area contributed by atoms with Gasteiger partial charge in [0.05, 0.1) is 12.8 Å². The Morgan fingerprint density at radius 3 is 2.41 bits per heavy atom. The van der Waals surface area contributed by atoms with E-state index < -0.39 is 0 Å². The number of methoxy groups -OCH3 is 1. The molecule has 3 aromatic rings. The van der Waals surface area contributed by atoms with Gasteiger partial charge in [0.15, 0.2) is 0 Å². The third kappa shape index (κ3) is 4.67. The van der Waals surface area contributed by atoms with Gasteiger partial charge in [-0.05, 0) is 79.6 Å². The Morgan fingerprint density at radius 2 is 1.79 bits per heavy atom. The molecule has 0 radical (unpaired) electrons. The van der Waals surface area contributed by atoms with Crippen molar-refractivity contribution in [3.63, 3.8) is 0 Å². The number of benzene rings is 2. The lowest BCUT2D eigenvalue weighted by Crippen LogP contribution is -2.38. The zero-order valence-corrected chi connectivity index (χ0v) is 16.8. The van der Waals surface area contributed by atoms with Crippen LogP contribution < -0.4 is 4.74 Å². The fourth-order valence-electron chi connectivity index (χ4n) is 3.95. The van der Waals surface area contributed by atoms with Gasteiger partial charge in [0.1, 0.15) is 5.75 Å². The maximum Gasteiger partial charge on any atom is 0.253 e. The van der Waals surface area contributed by atoms with Gasteiger partial charge in [-0.25, -0.2) is 4.68 Å². The molecule has 1 amide bonds. The largest absolute Gasteiger partial charge is 0.497 e. The first kappa shape index (κ1) is 19.2. The van der Waals surface area contributed by atoms with Crippen molar-refractivity contribution in [1.29, 1.82) is 0 Å². The van der Waals surface area contributed by atoms with Crippen LogP contribution in [0.5, 0.6) is 5.75 Å². The standard InChI is InChI=1S/C24H27N3O2/c1-29-23-11-5-19(6-12-23)3-4-20-13-17-26(18-14-20)24(28)21-7-9-22(10-8-21)27-16-2-15-25-27/h2,5-12,15-16,20H,3-4,13-14,17-18H2,1H3. The first-order valence-corrected chi connectivity index (χ1v) is 10.3. The summed E-state index contributed by atoms with van der Waals surface area (Å²) in [6.07, 6.45) is 8.05. The number of nitrogens with zero attached hydrogens (tertiary/aromatic N) is 3. The zero-order chi connectivity index (χ0) is 20.1. The van der Waals surface area contributed by atoms with Gasteiger partial charge in [0.2, 0.25) is 0 Å². The summed E-state index contributed by atoms with van der Waals surface area (Å²) in [5.41, 5.74) is 3.06. The molecule has 5 heteroatoms. The SMILES string of the molecule is COc1ccc(CCC2CCN(C(=O)c3ccc(-n4cccn4)cc3)CC2)cc1. The molecule has 1 saturated heterocycles. The van der Waals surface area contributed by atoms with Crippen molar-refractivity contribution in [2.24, 2.45) is 5.92 Å². The first-order valence-electron chi connectivity index (χ1n) is 10.3. The third-order valence-electron chi connectivity index (χ3n) is 5.79. The normalized spacial score (nSPS) is 14.7. The predicted octanol–water partition coefficient (Wildman–Crippen LogP) is 4.37. The molecule has 1 fully saturated rings. The lowest BCUT2D eigenvalue weighted by atomic mass is 9.90. The summed E-state index contributed by atoms with van der Waals surface area (Å²) < 4.78 is 7.01. The van der Waals surface area contributed by atoms with E-state index in [1.807, 2.05) is 53.6 Å². The van der Waals surface area contributed by atoms with Gasteiger partial charge >= 0.3 is 0 Å². The van der Waals surface area contributed by atoms with E-state index in [0.29, 0.717) is 5.92 Å². The molecule has 150 valence electrons. The van der Waals surface area contributed by atoms with E-state index in [-0.39, 0.29) is 5.91 Å². The van der Waals surface area contributed by atoms with E-state index in [1.54, 1.807) is 18.0 Å². The van der Waals surface area contributed by atoms with Crippen LogP contribution in [0.4, 0.5) is 0 Å². The highest BCUT2D eigenvalue weighted by atomic mass is 16.5. The van der Waals surface area contributed by atoms with Crippen LogP contribution in [0.1, 0.15) is 35.2 Å². The van der Waals surface area contributed by atoms with Gasteiger partial charge in [-0.3, -0.25) is 4.79 Å². The van der Waals surface area contributed by atoms with Crippen molar-refractivity contribution in [3.05, 3.63) is 78.1 Å². The molecule has 0 spiro atoms. The van der Waals surface area contributed by atoms with Crippen molar-refractivity contribution in [3.8, 4) is 11.4 Å². The van der Waals surface area contributed by atoms with Crippen molar-refractivity contribution >= 4 is 5.91 Å². The van der Waals surface area contributed by atoms with Crippen molar-refractivity contribution in [2.45, 2.75) is 25.7 Å². The maximum absolute atomic E-state index is 12.8. The van der Waals surface area contributed by atoms with Crippen molar-refractivity contribution in [2.75, 3.05) is 20.2 Å². The average Bonchev–Trinajstić information content (AvgIpc) is 3.33. The van der Waals surface area contributed by atoms with Gasteiger partial charge in [-0.1, -0.05) is 12.1 Å². The van der Waals surface area contributed by atoms with Crippen LogP contribution in [0.3, 0.4) is 0 Å². The highest BCUT2D eigenvalue weighted by Crippen LogP contribution is 2.24. The van der Waals surface area contributed by atoms with E-state index in [4.69, 9.17) is 4.74 Å². The number of piperidine rings is 1. The molecule has 1 aliphatic heterocycles. The number of ether oxygens (including phenoxy) is 1. The van der Waals surface area contributed by atoms with Crippen molar-refractivity contribution in [1.82, 2.24) is 14.7 Å². The zero-order valence-electron chi connectivity index (χ0n) is 16.8. The molecule has 1 aromatic heterocycles. The summed E-state index contributed by atoms with van der Waals surface area (Å²) in [6, 6.07) is 17.9. The maximum atomic E-state index is 12.8. The fourth-order valence-corrected chi connectivity index (χ4v) is 3.95. The minimum absolute atomic E-state index is 0.130. The summed E-state index contributed by atoms with van der Waals surface area (Å²) in [7, 11) is 1.69. The number of carbonyl (C=O) groups excluding carboxylic acids is 1. The summed E-state index contributed by atoms with van der Waals surface area (Å²) in [5.74, 6) is 1.71. The number of hydrogen-bond acceptors (Lipinski definition) is 3. The second-order valence-corrected chi connectivity index (χ2v) is 7.62. The van der Waals surface area contributed by atoms with E-state index >= 15 is 0 Å². The molecule has 0 aliphatic carbocycles. The van der Waals surface area contributed by atoms with Crippen LogP contribution in [0, 0.1) is 5.92 Å². The Balaban J connectivity index is 1.27. The summed E-state index contributed by atoms with van der Waals surface area (Å²) >= 11 is 0. The summed E-state index contributed by atoms with van der Waals surface area (Å²) in [6.45, 7) is 1.68. The van der Waals surface area contributed by atoms with Crippen LogP contribution in [0.2, 0.25) is 0 Å². The molecule has 0 bridgehead atoms. The van der Waals surface area contributed by atoms with Gasteiger partial charge in [-0.2, -0.15) is 5.10 Å². The first-order chi connectivity index (χ1) is 14.2. The number of likely N-dealkylation sites (tertiary alicyclic amines) is 1. The molecule has 5 nitrogen and oxygen atoms in total. The smallest absolute Gasteiger partial charge is 0.253 e. The Labute approximate surface area is 171 Å². The quantitative estimate of drug-likeness (QED) is 0.629. The van der Waals surface area contributed by atoms with Gasteiger partial charge in [-0.15, -0.1) is 0 Å². The van der Waals surface area contributed by atoms with E-state index in [1.165, 1.54) is 12.0 Å². The summed E-state index contributed by atoms with van der Waals surface area (Å²) in [5, 5.41) is 4.22. The number of carbonyl (C=O) groups is 1. The third-order valence-corrected chi connectivity index (χ3v) is 5.79. The molecular weight excluding hydrogens is 362 g/mol. The highest BCUT2D eigenvalue weighted by molar-refractivity contribution is 5.94. The molecule has 0 unspecified atom stereocenters. The average molecular weight is 389 g/mol. The van der Waals surface area contributed by atoms with Crippen molar-refractivity contribution < 1.29 is 9.53 Å². The molecule has 1 aliphatic rings. The van der Waals surface area contributed by atoms with E-state index in [9.17, 15) is 4.79 Å². The number of aromatic nitrogens is 2. The molecule has 29 heavy (non-hydrogen) atoms. The minimum atomic E-state index is 0.130. The second kappa shape index (κ2) is 8.95. The lowest BCUT2D eigenvalue weighted by molar-refractivity contribution is 0.0687. The van der Waals surface area contributed by atoms with Crippen LogP contribution >= 0.6 is 0 Å². The topological polar surface area (TPSA) is 47.4 Å². The van der Waals surface area contributed by atoms with Crippen LogP contribution in [-0.2, 0) is 6.42 Å². The monoisotopic (exact) mass is 389 g/mol. The Hall–Kier alpha value is -3.08. The lowest BCUT2D eigenvalue weighted by Gasteiger charge is -2.32. The Bertz CT molecular complexity index is 910. The number of rotatable bonds is 6. The van der Waals surface area contributed by atoms with E-state index in [2.05, 4.69) is 17.2 Å². The molecule has 0 N–H and O–H groups in total. The Kier molecular flexibility index (Phi) is 5.94. The molecule has 0 saturated carbocycles. The van der Waals surface area contributed by atoms with Gasteiger partial charge < -0.3 is 9.64 Å². The number of aryl methyl sites for hydroxylation is 1. The van der Waals surface area contributed by atoms with E-state index in [0.717, 1.165) is 49.4 Å².